The Morgan fingerprint density at radius 1 is 1.00 bits per heavy atom. The van der Waals surface area contributed by atoms with Crippen LogP contribution in [-0.2, 0) is 19.1 Å². The molecule has 8 heteroatoms. The summed E-state index contributed by atoms with van der Waals surface area (Å²) >= 11 is 1.49. The van der Waals surface area contributed by atoms with Gasteiger partial charge in [0.15, 0.2) is 0 Å². The Balaban J connectivity index is 1.78. The molecule has 0 saturated carbocycles. The summed E-state index contributed by atoms with van der Waals surface area (Å²) in [6, 6.07) is 14.5. The van der Waals surface area contributed by atoms with Gasteiger partial charge in [-0.3, -0.25) is 9.79 Å². The molecule has 1 aromatic heterocycles. The van der Waals surface area contributed by atoms with Crippen molar-refractivity contribution in [1.29, 1.82) is 0 Å². The number of ether oxygens (including phenoxy) is 2. The van der Waals surface area contributed by atoms with Crippen LogP contribution in [0.2, 0.25) is 0 Å². The zero-order chi connectivity index (χ0) is 24.4. The van der Waals surface area contributed by atoms with E-state index in [4.69, 9.17) is 14.5 Å². The molecule has 34 heavy (non-hydrogen) atoms. The smallest absolute Gasteiger partial charge is 0.336 e. The Bertz CT molecular complexity index is 1310. The molecule has 0 aliphatic carbocycles. The molecule has 7 nitrogen and oxygen atoms in total. The first-order valence-electron chi connectivity index (χ1n) is 10.6. The van der Waals surface area contributed by atoms with E-state index in [0.717, 1.165) is 27.4 Å². The zero-order valence-electron chi connectivity index (χ0n) is 19.2. The molecular weight excluding hydrogens is 452 g/mol. The van der Waals surface area contributed by atoms with E-state index in [9.17, 15) is 14.7 Å². The van der Waals surface area contributed by atoms with Crippen LogP contribution in [0.3, 0.4) is 0 Å². The minimum Gasteiger partial charge on any atom is -0.508 e. The number of phenols is 1. The Kier molecular flexibility index (Phi) is 6.61. The Morgan fingerprint density at radius 2 is 1.74 bits per heavy atom. The second-order valence-electron chi connectivity index (χ2n) is 7.93. The molecule has 0 saturated heterocycles. The zero-order valence-corrected chi connectivity index (χ0v) is 20.1. The third kappa shape index (κ3) is 4.36. The van der Waals surface area contributed by atoms with Gasteiger partial charge in [-0.2, -0.15) is 0 Å². The predicted octanol–water partition coefficient (Wildman–Crippen LogP) is 4.98. The number of methoxy groups -OCH3 is 2. The fraction of sp³-hybridized carbons (Fsp3) is 0.231. The van der Waals surface area contributed by atoms with Gasteiger partial charge in [0.25, 0.3) is 0 Å². The van der Waals surface area contributed by atoms with Crippen molar-refractivity contribution >= 4 is 29.0 Å². The van der Waals surface area contributed by atoms with Gasteiger partial charge in [-0.1, -0.05) is 18.2 Å². The topological polar surface area (TPSA) is 98.1 Å². The number of rotatable bonds is 5. The second-order valence-corrected chi connectivity index (χ2v) is 8.79. The van der Waals surface area contributed by atoms with Crippen molar-refractivity contribution in [2.75, 3.05) is 14.2 Å². The molecule has 4 rings (SSSR count). The number of carbonyl (C=O) groups is 2. The number of allylic oxidation sites excluding steroid dienone is 1. The van der Waals surface area contributed by atoms with E-state index in [1.54, 1.807) is 26.0 Å². The van der Waals surface area contributed by atoms with Crippen LogP contribution >= 0.6 is 11.3 Å². The van der Waals surface area contributed by atoms with E-state index in [0.29, 0.717) is 17.0 Å². The molecule has 0 spiro atoms. The number of hydrogen-bond donors (Lipinski definition) is 1. The molecule has 0 amide bonds. The Morgan fingerprint density at radius 3 is 2.41 bits per heavy atom. The second kappa shape index (κ2) is 9.61. The average Bonchev–Trinajstić information content (AvgIpc) is 3.33. The highest BCUT2D eigenvalue weighted by atomic mass is 32.1. The molecule has 0 fully saturated rings. The maximum atomic E-state index is 12.8. The molecular formula is C26H24N2O5S. The lowest BCUT2D eigenvalue weighted by atomic mass is 9.75. The number of benzene rings is 2. The van der Waals surface area contributed by atoms with Crippen molar-refractivity contribution in [3.05, 3.63) is 70.7 Å². The largest absolute Gasteiger partial charge is 0.508 e. The third-order valence-electron chi connectivity index (χ3n) is 5.85. The molecule has 2 heterocycles. The highest BCUT2D eigenvalue weighted by molar-refractivity contribution is 7.13. The van der Waals surface area contributed by atoms with Gasteiger partial charge in [-0.05, 0) is 49.7 Å². The Hall–Kier alpha value is -3.78. The van der Waals surface area contributed by atoms with Crippen molar-refractivity contribution < 1.29 is 24.2 Å². The summed E-state index contributed by atoms with van der Waals surface area (Å²) in [7, 11) is 2.64. The van der Waals surface area contributed by atoms with E-state index in [1.807, 2.05) is 41.8 Å². The third-order valence-corrected chi connectivity index (χ3v) is 6.74. The van der Waals surface area contributed by atoms with Crippen molar-refractivity contribution in [2.24, 2.45) is 10.9 Å². The minimum atomic E-state index is -0.748. The van der Waals surface area contributed by atoms with Crippen molar-refractivity contribution in [2.45, 2.75) is 19.8 Å². The lowest BCUT2D eigenvalue weighted by Crippen LogP contribution is -2.36. The van der Waals surface area contributed by atoms with Gasteiger partial charge in [0.1, 0.15) is 16.7 Å². The van der Waals surface area contributed by atoms with Crippen LogP contribution in [-0.4, -0.2) is 42.0 Å². The van der Waals surface area contributed by atoms with E-state index < -0.39 is 23.8 Å². The molecule has 1 aliphatic heterocycles. The molecule has 0 bridgehead atoms. The van der Waals surface area contributed by atoms with Crippen LogP contribution in [0.15, 0.2) is 70.2 Å². The number of aromatic hydroxyl groups is 1. The van der Waals surface area contributed by atoms with Crippen molar-refractivity contribution in [1.82, 2.24) is 4.98 Å². The van der Waals surface area contributed by atoms with Gasteiger partial charge in [0, 0.05) is 33.8 Å². The molecule has 1 N–H and O–H groups in total. The fourth-order valence-corrected chi connectivity index (χ4v) is 5.07. The summed E-state index contributed by atoms with van der Waals surface area (Å²) < 4.78 is 10.1. The molecule has 2 unspecified atom stereocenters. The molecule has 1 aliphatic rings. The first-order valence-corrected chi connectivity index (χ1v) is 11.5. The number of hydrogen-bond acceptors (Lipinski definition) is 8. The number of thiazole rings is 1. The molecule has 174 valence electrons. The summed E-state index contributed by atoms with van der Waals surface area (Å²) in [5.74, 6) is -2.14. The van der Waals surface area contributed by atoms with E-state index in [2.05, 4.69) is 4.99 Å². The summed E-state index contributed by atoms with van der Waals surface area (Å²) in [5, 5.41) is 12.3. The number of aromatic nitrogens is 1. The van der Waals surface area contributed by atoms with Gasteiger partial charge in [0.2, 0.25) is 0 Å². The van der Waals surface area contributed by atoms with Gasteiger partial charge in [-0.15, -0.1) is 11.3 Å². The normalized spacial score (nSPS) is 17.8. The van der Waals surface area contributed by atoms with Crippen molar-refractivity contribution in [3.8, 4) is 27.6 Å². The maximum Gasteiger partial charge on any atom is 0.336 e. The number of aliphatic imine (C=N–C) groups is 1. The average molecular weight is 477 g/mol. The summed E-state index contributed by atoms with van der Waals surface area (Å²) in [4.78, 5) is 34.7. The maximum absolute atomic E-state index is 12.8. The highest BCUT2D eigenvalue weighted by Crippen LogP contribution is 2.41. The van der Waals surface area contributed by atoms with Crippen molar-refractivity contribution in [3.63, 3.8) is 0 Å². The molecule has 2 aromatic carbocycles. The number of esters is 2. The summed E-state index contributed by atoms with van der Waals surface area (Å²) in [5.41, 5.74) is 4.75. The first-order chi connectivity index (χ1) is 16.3. The lowest BCUT2D eigenvalue weighted by molar-refractivity contribution is -0.143. The van der Waals surface area contributed by atoms with Gasteiger partial charge in [-0.25, -0.2) is 9.78 Å². The Labute approximate surface area is 201 Å². The van der Waals surface area contributed by atoms with Crippen LogP contribution in [0, 0.1) is 5.92 Å². The monoisotopic (exact) mass is 476 g/mol. The minimum absolute atomic E-state index is 0.197. The van der Waals surface area contributed by atoms with E-state index in [1.165, 1.54) is 25.6 Å². The molecule has 2 atom stereocenters. The van der Waals surface area contributed by atoms with E-state index in [-0.39, 0.29) is 5.75 Å². The standard InChI is InChI=1S/C26H24N2O5S/c1-14-21(25(30)32-3)23(22(15(2)27-14)26(31)33-4)17-6-5-7-18(12-17)24-28-20(13-34-24)16-8-10-19(29)11-9-16/h5-13,21,23,29H,1-4H3. The van der Waals surface area contributed by atoms with Gasteiger partial charge < -0.3 is 14.6 Å². The fourth-order valence-electron chi connectivity index (χ4n) is 4.24. The number of nitrogens with zero attached hydrogens (tertiary/aromatic N) is 2. The lowest BCUT2D eigenvalue weighted by Gasteiger charge is -2.31. The summed E-state index contributed by atoms with van der Waals surface area (Å²) in [6.07, 6.45) is 0. The van der Waals surface area contributed by atoms with E-state index >= 15 is 0 Å². The molecule has 0 radical (unpaired) electrons. The van der Waals surface area contributed by atoms with Crippen LogP contribution in [0.25, 0.3) is 21.8 Å². The van der Waals surface area contributed by atoms with Crippen LogP contribution < -0.4 is 0 Å². The quantitative estimate of drug-likeness (QED) is 0.522. The molecule has 3 aromatic rings. The van der Waals surface area contributed by atoms with Crippen LogP contribution in [0.1, 0.15) is 25.3 Å². The highest BCUT2D eigenvalue weighted by Gasteiger charge is 2.42. The van der Waals surface area contributed by atoms with Crippen LogP contribution in [0.5, 0.6) is 5.75 Å². The van der Waals surface area contributed by atoms with Gasteiger partial charge >= 0.3 is 11.9 Å². The summed E-state index contributed by atoms with van der Waals surface area (Å²) in [6.45, 7) is 3.51. The van der Waals surface area contributed by atoms with Gasteiger partial charge in [0.05, 0.1) is 25.5 Å². The predicted molar refractivity (Wildman–Crippen MR) is 131 cm³/mol. The van der Waals surface area contributed by atoms with Crippen LogP contribution in [0.4, 0.5) is 0 Å². The first kappa shape index (κ1) is 23.4. The SMILES string of the molecule is COC(=O)C1=C(C)N=C(C)C(C(=O)OC)C1c1cccc(-c2nc(-c3ccc(O)cc3)cs2)c1. The number of carbonyl (C=O) groups excluding carboxylic acids is 2. The number of phenolic OH excluding ortho intramolecular Hbond substituents is 1.